The fraction of sp³-hybridized carbons (Fsp3) is 0.343. The van der Waals surface area contributed by atoms with E-state index in [4.69, 9.17) is 15.5 Å². The normalized spacial score (nSPS) is 21.4. The Kier molecular flexibility index (Phi) is 6.27. The fourth-order valence-electron chi connectivity index (χ4n) is 7.71. The summed E-state index contributed by atoms with van der Waals surface area (Å²) in [5.74, 6) is 2.11. The van der Waals surface area contributed by atoms with Gasteiger partial charge in [-0.15, -0.1) is 0 Å². The number of ether oxygens (including phenoxy) is 1. The Morgan fingerprint density at radius 1 is 0.932 bits per heavy atom. The number of imidazole rings is 1. The number of nitrogens with zero attached hydrogens (tertiary/aromatic N) is 5. The van der Waals surface area contributed by atoms with Gasteiger partial charge in [-0.3, -0.25) is 9.59 Å². The second-order valence-electron chi connectivity index (χ2n) is 12.6. The molecule has 44 heavy (non-hydrogen) atoms. The van der Waals surface area contributed by atoms with Crippen molar-refractivity contribution < 1.29 is 14.3 Å². The number of carbonyl (C=O) groups is 2. The lowest BCUT2D eigenvalue weighted by molar-refractivity contribution is 0.0471. The number of aromatic nitrogens is 3. The van der Waals surface area contributed by atoms with Crippen LogP contribution in [0.4, 0.5) is 0 Å². The molecule has 9 nitrogen and oxygen atoms in total. The van der Waals surface area contributed by atoms with Crippen LogP contribution in [0, 0.1) is 11.8 Å². The van der Waals surface area contributed by atoms with Crippen molar-refractivity contribution in [1.29, 1.82) is 0 Å². The Morgan fingerprint density at radius 3 is 2.41 bits per heavy atom. The Hall–Kier alpha value is -4.63. The van der Waals surface area contributed by atoms with Crippen LogP contribution in [0.15, 0.2) is 72.8 Å². The molecule has 0 radical (unpaired) electrons. The lowest BCUT2D eigenvalue weighted by Gasteiger charge is -2.39. The first-order chi connectivity index (χ1) is 21.4. The van der Waals surface area contributed by atoms with Crippen molar-refractivity contribution >= 4 is 33.8 Å². The molecule has 1 saturated carbocycles. The van der Waals surface area contributed by atoms with Gasteiger partial charge in [-0.1, -0.05) is 36.4 Å². The maximum Gasteiger partial charge on any atom is 0.254 e. The quantitative estimate of drug-likeness (QED) is 0.314. The predicted octanol–water partition coefficient (Wildman–Crippen LogP) is 4.54. The van der Waals surface area contributed by atoms with Crippen LogP contribution in [0.1, 0.15) is 33.6 Å². The average molecular weight is 589 g/mol. The second-order valence-corrected chi connectivity index (χ2v) is 12.6. The largest absolute Gasteiger partial charge is 0.494 e. The number of amides is 2. The third-order valence-electron chi connectivity index (χ3n) is 10.1. The highest BCUT2D eigenvalue weighted by atomic mass is 16.5. The van der Waals surface area contributed by atoms with Crippen LogP contribution in [0.3, 0.4) is 0 Å². The summed E-state index contributed by atoms with van der Waals surface area (Å²) in [6.07, 6.45) is 2.05. The summed E-state index contributed by atoms with van der Waals surface area (Å²) < 4.78 is 10.4. The number of methoxy groups -OCH3 is 1. The van der Waals surface area contributed by atoms with Gasteiger partial charge in [-0.2, -0.15) is 0 Å². The summed E-state index contributed by atoms with van der Waals surface area (Å²) in [5.41, 5.74) is 11.4. The van der Waals surface area contributed by atoms with E-state index >= 15 is 0 Å². The number of carbonyl (C=O) groups excluding carboxylic acids is 2. The van der Waals surface area contributed by atoms with Crippen molar-refractivity contribution in [2.45, 2.75) is 31.5 Å². The standard InChI is InChI=1S/C35H36N6O3/c1-38-27-11-7-6-10-23(27)15-29(38)33-37-26-14-25(35(43)40-20-24-12-13-28(40)31(24)36)16-30(44-2)32(26)41(33)19-21-17-39(18-21)34(42)22-8-4-3-5-9-22/h3-11,14-16,21,24,28,31H,12-13,17-20,36H2,1-2H3/t24?,28?,31-/m1/s1. The highest BCUT2D eigenvalue weighted by molar-refractivity contribution is 6.00. The van der Waals surface area contributed by atoms with Crippen molar-refractivity contribution in [2.75, 3.05) is 26.7 Å². The Morgan fingerprint density at radius 2 is 1.70 bits per heavy atom. The summed E-state index contributed by atoms with van der Waals surface area (Å²) >= 11 is 0. The van der Waals surface area contributed by atoms with E-state index in [1.54, 1.807) is 7.11 Å². The van der Waals surface area contributed by atoms with Crippen LogP contribution in [-0.4, -0.2) is 74.6 Å². The first kappa shape index (κ1) is 27.0. The smallest absolute Gasteiger partial charge is 0.254 e. The van der Waals surface area contributed by atoms with E-state index in [0.717, 1.165) is 46.3 Å². The number of aryl methyl sites for hydroxylation is 1. The molecule has 2 amide bonds. The molecular weight excluding hydrogens is 552 g/mol. The van der Waals surface area contributed by atoms with Gasteiger partial charge in [0.15, 0.2) is 5.82 Å². The van der Waals surface area contributed by atoms with E-state index in [9.17, 15) is 9.59 Å². The Bertz CT molecular complexity index is 1920. The molecule has 2 saturated heterocycles. The molecule has 5 aromatic rings. The van der Waals surface area contributed by atoms with Gasteiger partial charge in [0, 0.05) is 73.3 Å². The first-order valence-electron chi connectivity index (χ1n) is 15.4. The Balaban J connectivity index is 1.18. The summed E-state index contributed by atoms with van der Waals surface area (Å²) in [6.45, 7) is 2.71. The summed E-state index contributed by atoms with van der Waals surface area (Å²) in [4.78, 5) is 35.9. The zero-order chi connectivity index (χ0) is 30.1. The molecule has 3 aromatic carbocycles. The van der Waals surface area contributed by atoms with Crippen molar-refractivity contribution in [1.82, 2.24) is 23.9 Å². The predicted molar refractivity (Wildman–Crippen MR) is 170 cm³/mol. The van der Waals surface area contributed by atoms with Crippen molar-refractivity contribution in [3.05, 3.63) is 83.9 Å². The average Bonchev–Trinajstić information content (AvgIpc) is 3.77. The maximum absolute atomic E-state index is 13.8. The highest BCUT2D eigenvalue weighted by Gasteiger charge is 2.47. The first-order valence-corrected chi connectivity index (χ1v) is 15.4. The van der Waals surface area contributed by atoms with Gasteiger partial charge in [-0.25, -0.2) is 4.98 Å². The van der Waals surface area contributed by atoms with Crippen LogP contribution < -0.4 is 10.5 Å². The van der Waals surface area contributed by atoms with Gasteiger partial charge in [0.05, 0.1) is 18.3 Å². The maximum atomic E-state index is 13.8. The van der Waals surface area contributed by atoms with Gasteiger partial charge in [0.2, 0.25) is 0 Å². The summed E-state index contributed by atoms with van der Waals surface area (Å²) in [6, 6.07) is 23.8. The number of likely N-dealkylation sites (tertiary alicyclic amines) is 2. The molecular formula is C35H36N6O3. The van der Waals surface area contributed by atoms with E-state index in [0.29, 0.717) is 49.0 Å². The minimum absolute atomic E-state index is 0.0115. The molecule has 3 fully saturated rings. The zero-order valence-electron chi connectivity index (χ0n) is 25.0. The molecule has 224 valence electrons. The lowest BCUT2D eigenvalue weighted by atomic mass is 9.98. The molecule has 2 unspecified atom stereocenters. The number of rotatable bonds is 6. The number of para-hydroxylation sites is 1. The molecule has 1 aliphatic carbocycles. The van der Waals surface area contributed by atoms with Crippen LogP contribution in [-0.2, 0) is 13.6 Å². The molecule has 2 aromatic heterocycles. The van der Waals surface area contributed by atoms with Gasteiger partial charge >= 0.3 is 0 Å². The summed E-state index contributed by atoms with van der Waals surface area (Å²) in [7, 11) is 3.71. The molecule has 9 heteroatoms. The minimum atomic E-state index is -0.0115. The zero-order valence-corrected chi connectivity index (χ0v) is 25.0. The monoisotopic (exact) mass is 588 g/mol. The number of fused-ring (bicyclic) bond motifs is 4. The third kappa shape index (κ3) is 4.13. The van der Waals surface area contributed by atoms with E-state index in [1.807, 2.05) is 64.4 Å². The fourth-order valence-corrected chi connectivity index (χ4v) is 7.71. The molecule has 2 aliphatic heterocycles. The van der Waals surface area contributed by atoms with Gasteiger partial charge in [0.1, 0.15) is 11.3 Å². The lowest BCUT2D eigenvalue weighted by Crippen LogP contribution is -2.51. The van der Waals surface area contributed by atoms with E-state index in [2.05, 4.69) is 34.4 Å². The van der Waals surface area contributed by atoms with Crippen LogP contribution in [0.25, 0.3) is 33.5 Å². The number of benzene rings is 3. The molecule has 4 heterocycles. The van der Waals surface area contributed by atoms with Crippen molar-refractivity contribution in [2.24, 2.45) is 24.6 Å². The topological polar surface area (TPSA) is 98.6 Å². The van der Waals surface area contributed by atoms with Crippen LogP contribution in [0.2, 0.25) is 0 Å². The van der Waals surface area contributed by atoms with Crippen molar-refractivity contribution in [3.8, 4) is 17.3 Å². The van der Waals surface area contributed by atoms with Gasteiger partial charge < -0.3 is 29.4 Å². The summed E-state index contributed by atoms with van der Waals surface area (Å²) in [5, 5.41) is 1.13. The number of hydrogen-bond acceptors (Lipinski definition) is 5. The van der Waals surface area contributed by atoms with E-state index in [1.165, 1.54) is 0 Å². The number of nitrogens with two attached hydrogens (primary N) is 1. The van der Waals surface area contributed by atoms with Gasteiger partial charge in [0.25, 0.3) is 11.8 Å². The molecule has 0 spiro atoms. The number of hydrogen-bond donors (Lipinski definition) is 1. The second kappa shape index (κ2) is 10.2. The SMILES string of the molecule is COc1cc(C(=O)N2CC3CCC2[C@@H]3N)cc2nc(-c3cc4ccccc4n3C)n(CC3CN(C(=O)c4ccccc4)C3)c12. The van der Waals surface area contributed by atoms with E-state index < -0.39 is 0 Å². The minimum Gasteiger partial charge on any atom is -0.494 e. The Labute approximate surface area is 255 Å². The molecule has 2 bridgehead atoms. The van der Waals surface area contributed by atoms with Crippen LogP contribution >= 0.6 is 0 Å². The van der Waals surface area contributed by atoms with E-state index in [-0.39, 0.29) is 29.8 Å². The van der Waals surface area contributed by atoms with Crippen LogP contribution in [0.5, 0.6) is 5.75 Å². The highest BCUT2D eigenvalue weighted by Crippen LogP contribution is 2.40. The molecule has 3 aliphatic rings. The third-order valence-corrected chi connectivity index (χ3v) is 10.1. The number of piperidine rings is 1. The van der Waals surface area contributed by atoms with Crippen molar-refractivity contribution in [3.63, 3.8) is 0 Å². The molecule has 8 rings (SSSR count). The molecule has 2 N–H and O–H groups in total. The molecule has 3 atom stereocenters. The van der Waals surface area contributed by atoms with Gasteiger partial charge in [-0.05, 0) is 55.2 Å².